The van der Waals surface area contributed by atoms with E-state index in [0.29, 0.717) is 24.0 Å². The molecule has 228 valence electrons. The third kappa shape index (κ3) is 11.6. The van der Waals surface area contributed by atoms with Gasteiger partial charge in [0, 0.05) is 12.0 Å². The molecule has 0 aliphatic carbocycles. The summed E-state index contributed by atoms with van der Waals surface area (Å²) >= 11 is 0. The summed E-state index contributed by atoms with van der Waals surface area (Å²) in [5.74, 6) is -1.41. The van der Waals surface area contributed by atoms with Gasteiger partial charge in [0.2, 0.25) is 0 Å². The van der Waals surface area contributed by atoms with Gasteiger partial charge >= 0.3 is 5.97 Å². The fourth-order valence-electron chi connectivity index (χ4n) is 5.47. The molecule has 2 rings (SSSR count). The van der Waals surface area contributed by atoms with Gasteiger partial charge in [0.15, 0.2) is 5.78 Å². The third-order valence-corrected chi connectivity index (χ3v) is 8.27. The van der Waals surface area contributed by atoms with Crippen molar-refractivity contribution >= 4 is 11.8 Å². The first kappa shape index (κ1) is 34.4. The standard InChI is InChI=1S/C32H52O8/c1-19-12-20(2)14-29-28(40-29)11-9-7-8-10-21(3)32(38)39-26(18-33)16-24(6)30(36)31(37)27(35)17-25(34)15-23(5)22(4)13-19/h10,13,20,23-26,28-31,33-34,36-37H,1,7-9,11-12,14-18H2,2-6H3/b21-10+,22-13+/t20?,23-,24?,25?,26?,28-,29-,30?,31?/m0/s1. The molecule has 8 heteroatoms. The Kier molecular flexibility index (Phi) is 14.2. The first-order valence-corrected chi connectivity index (χ1v) is 14.9. The van der Waals surface area contributed by atoms with Crippen LogP contribution in [0.2, 0.25) is 0 Å². The lowest BCUT2D eigenvalue weighted by Gasteiger charge is -2.27. The number of ketones is 1. The van der Waals surface area contributed by atoms with Gasteiger partial charge < -0.3 is 29.9 Å². The van der Waals surface area contributed by atoms with Crippen molar-refractivity contribution < 1.29 is 39.5 Å². The van der Waals surface area contributed by atoms with Gasteiger partial charge in [0.25, 0.3) is 0 Å². The van der Waals surface area contributed by atoms with Gasteiger partial charge in [-0.2, -0.15) is 0 Å². The Morgan fingerprint density at radius 3 is 2.35 bits per heavy atom. The maximum atomic E-state index is 12.6. The number of carbonyl (C=O) groups is 2. The molecule has 0 aromatic heterocycles. The molecule has 0 spiro atoms. The molecular formula is C32H52O8. The Balaban J connectivity index is 2.10. The molecule has 2 aliphatic rings. The average molecular weight is 565 g/mol. The number of Topliss-reactive ketones (excluding diaryl/α,β-unsaturated/α-hetero) is 1. The van der Waals surface area contributed by atoms with E-state index in [9.17, 15) is 30.0 Å². The Morgan fingerprint density at radius 1 is 0.975 bits per heavy atom. The Hall–Kier alpha value is -1.84. The molecule has 0 aromatic rings. The molecule has 4 N–H and O–H groups in total. The van der Waals surface area contributed by atoms with Crippen molar-refractivity contribution in [3.8, 4) is 0 Å². The van der Waals surface area contributed by atoms with Crippen LogP contribution < -0.4 is 0 Å². The predicted octanol–water partition coefficient (Wildman–Crippen LogP) is 4.19. The van der Waals surface area contributed by atoms with Crippen LogP contribution in [0.1, 0.15) is 92.4 Å². The van der Waals surface area contributed by atoms with Gasteiger partial charge in [-0.05, 0) is 76.5 Å². The molecule has 0 bridgehead atoms. The number of rotatable bonds is 1. The van der Waals surface area contributed by atoms with Crippen LogP contribution in [0.3, 0.4) is 0 Å². The van der Waals surface area contributed by atoms with Crippen LogP contribution in [-0.2, 0) is 19.1 Å². The van der Waals surface area contributed by atoms with E-state index in [1.165, 1.54) is 0 Å². The van der Waals surface area contributed by atoms with E-state index in [4.69, 9.17) is 9.47 Å². The van der Waals surface area contributed by atoms with Gasteiger partial charge in [0.05, 0.1) is 31.0 Å². The number of esters is 1. The summed E-state index contributed by atoms with van der Waals surface area (Å²) < 4.78 is 11.3. The van der Waals surface area contributed by atoms with Crippen molar-refractivity contribution in [3.63, 3.8) is 0 Å². The van der Waals surface area contributed by atoms with Gasteiger partial charge in [-0.1, -0.05) is 57.1 Å². The molecule has 0 aromatic carbocycles. The van der Waals surface area contributed by atoms with Crippen molar-refractivity contribution in [2.24, 2.45) is 17.8 Å². The number of aliphatic hydroxyl groups is 4. The van der Waals surface area contributed by atoms with E-state index < -0.39 is 48.7 Å². The van der Waals surface area contributed by atoms with E-state index in [0.717, 1.165) is 49.7 Å². The zero-order chi connectivity index (χ0) is 30.0. The molecule has 1 fully saturated rings. The minimum absolute atomic E-state index is 0.00283. The molecular weight excluding hydrogens is 512 g/mol. The number of ether oxygens (including phenoxy) is 2. The minimum Gasteiger partial charge on any atom is -0.457 e. The molecule has 2 aliphatic heterocycles. The number of hydrogen-bond donors (Lipinski definition) is 4. The number of allylic oxidation sites excluding steroid dienone is 4. The predicted molar refractivity (Wildman–Crippen MR) is 154 cm³/mol. The first-order chi connectivity index (χ1) is 18.8. The largest absolute Gasteiger partial charge is 0.457 e. The smallest absolute Gasteiger partial charge is 0.333 e. The summed E-state index contributed by atoms with van der Waals surface area (Å²) in [4.78, 5) is 25.2. The zero-order valence-corrected chi connectivity index (χ0v) is 25.1. The zero-order valence-electron chi connectivity index (χ0n) is 25.1. The second kappa shape index (κ2) is 16.6. The maximum absolute atomic E-state index is 12.6. The molecule has 1 saturated heterocycles. The molecule has 2 heterocycles. The summed E-state index contributed by atoms with van der Waals surface area (Å²) in [6.07, 6.45) is 5.12. The second-order valence-electron chi connectivity index (χ2n) is 12.3. The molecule has 40 heavy (non-hydrogen) atoms. The summed E-state index contributed by atoms with van der Waals surface area (Å²) in [5, 5.41) is 41.4. The lowest BCUT2D eigenvalue weighted by molar-refractivity contribution is -0.149. The van der Waals surface area contributed by atoms with E-state index >= 15 is 0 Å². The van der Waals surface area contributed by atoms with Crippen LogP contribution in [-0.4, -0.2) is 75.4 Å². The van der Waals surface area contributed by atoms with E-state index in [1.807, 2.05) is 19.9 Å². The summed E-state index contributed by atoms with van der Waals surface area (Å²) in [5.41, 5.74) is 2.54. The van der Waals surface area contributed by atoms with Crippen molar-refractivity contribution in [2.75, 3.05) is 6.61 Å². The van der Waals surface area contributed by atoms with Crippen LogP contribution in [0, 0.1) is 17.8 Å². The second-order valence-corrected chi connectivity index (χ2v) is 12.3. The highest BCUT2D eigenvalue weighted by molar-refractivity contribution is 5.87. The number of fused-ring (bicyclic) bond motifs is 1. The topological polar surface area (TPSA) is 137 Å². The van der Waals surface area contributed by atoms with Crippen LogP contribution in [0.15, 0.2) is 35.5 Å². The van der Waals surface area contributed by atoms with Gasteiger partial charge in [-0.25, -0.2) is 4.79 Å². The number of epoxide rings is 1. The monoisotopic (exact) mass is 564 g/mol. The van der Waals surface area contributed by atoms with Crippen molar-refractivity contribution in [3.05, 3.63) is 35.5 Å². The van der Waals surface area contributed by atoms with E-state index in [1.54, 1.807) is 13.8 Å². The highest BCUT2D eigenvalue weighted by Crippen LogP contribution is 2.34. The van der Waals surface area contributed by atoms with Crippen LogP contribution in [0.4, 0.5) is 0 Å². The molecule has 8 nitrogen and oxygen atoms in total. The highest BCUT2D eigenvalue weighted by Gasteiger charge is 2.38. The summed E-state index contributed by atoms with van der Waals surface area (Å²) in [6.45, 7) is 13.2. The van der Waals surface area contributed by atoms with E-state index in [2.05, 4.69) is 19.6 Å². The van der Waals surface area contributed by atoms with Crippen LogP contribution in [0.25, 0.3) is 0 Å². The average Bonchev–Trinajstić information content (AvgIpc) is 3.62. The van der Waals surface area contributed by atoms with Crippen molar-refractivity contribution in [2.45, 2.75) is 129 Å². The normalized spacial score (nSPS) is 39.7. The third-order valence-electron chi connectivity index (χ3n) is 8.27. The van der Waals surface area contributed by atoms with Crippen LogP contribution in [0.5, 0.6) is 0 Å². The summed E-state index contributed by atoms with van der Waals surface area (Å²) in [6, 6.07) is 0. The molecule has 0 amide bonds. The Bertz CT molecular complexity index is 909. The number of cyclic esters (lactones) is 1. The number of aliphatic hydroxyl groups excluding tert-OH is 4. The highest BCUT2D eigenvalue weighted by atomic mass is 16.6. The molecule has 0 radical (unpaired) electrons. The Morgan fingerprint density at radius 2 is 1.68 bits per heavy atom. The SMILES string of the molecule is C=C1/C=C(\C)[C@@H](C)CC(O)CC(=O)C(O)C(O)C(C)CC(CO)OC(=O)/C(C)=C/CCCC[C@@H]2O[C@H]2CC(C)C1. The van der Waals surface area contributed by atoms with Crippen LogP contribution >= 0.6 is 0 Å². The summed E-state index contributed by atoms with van der Waals surface area (Å²) in [7, 11) is 0. The van der Waals surface area contributed by atoms with Gasteiger partial charge in [0.1, 0.15) is 12.2 Å². The maximum Gasteiger partial charge on any atom is 0.333 e. The minimum atomic E-state index is -1.69. The van der Waals surface area contributed by atoms with Gasteiger partial charge in [-0.15, -0.1) is 0 Å². The van der Waals surface area contributed by atoms with Crippen molar-refractivity contribution in [1.82, 2.24) is 0 Å². The molecule has 9 atom stereocenters. The van der Waals surface area contributed by atoms with E-state index in [-0.39, 0.29) is 24.9 Å². The van der Waals surface area contributed by atoms with Crippen molar-refractivity contribution in [1.29, 1.82) is 0 Å². The first-order valence-electron chi connectivity index (χ1n) is 14.9. The fourth-order valence-corrected chi connectivity index (χ4v) is 5.47. The Labute approximate surface area is 240 Å². The molecule has 6 unspecified atom stereocenters. The van der Waals surface area contributed by atoms with Gasteiger partial charge in [-0.3, -0.25) is 4.79 Å². The quantitative estimate of drug-likeness (QED) is 0.275. The number of hydrogen-bond acceptors (Lipinski definition) is 8. The fraction of sp³-hybridized carbons (Fsp3) is 0.750. The lowest BCUT2D eigenvalue weighted by atomic mass is 9.88. The molecule has 0 saturated carbocycles. The number of carbonyl (C=O) groups excluding carboxylic acids is 2. The lowest BCUT2D eigenvalue weighted by Crippen LogP contribution is -2.41.